The predicted octanol–water partition coefficient (Wildman–Crippen LogP) is 4.10. The second-order valence-electron chi connectivity index (χ2n) is 7.81. The highest BCUT2D eigenvalue weighted by molar-refractivity contribution is 9.10. The second kappa shape index (κ2) is 8.00. The Morgan fingerprint density at radius 2 is 2.04 bits per heavy atom. The van der Waals surface area contributed by atoms with Crippen molar-refractivity contribution in [1.82, 2.24) is 14.8 Å². The molecule has 0 saturated carbocycles. The number of aromatic nitrogens is 3. The Balaban J connectivity index is 1.96. The standard InChI is InChI=1S/C19H24BrN3O3Si/c1-27(2,3)9-8-26-12-23-15-11-21-22-19(25)17(15)14(18(23)20)10-13-6-4-5-7-16(13)24/h4-7,11,24H,8-10,12H2,1-3H3,(H,22,25). The highest BCUT2D eigenvalue weighted by Gasteiger charge is 2.20. The van der Waals surface area contributed by atoms with Gasteiger partial charge in [0.25, 0.3) is 5.56 Å². The number of nitrogens with one attached hydrogen (secondary N) is 1. The van der Waals surface area contributed by atoms with E-state index < -0.39 is 8.07 Å². The van der Waals surface area contributed by atoms with Gasteiger partial charge in [-0.3, -0.25) is 4.79 Å². The van der Waals surface area contributed by atoms with Crippen LogP contribution in [0.5, 0.6) is 5.75 Å². The summed E-state index contributed by atoms with van der Waals surface area (Å²) >= 11 is 3.63. The van der Waals surface area contributed by atoms with Gasteiger partial charge in [-0.2, -0.15) is 5.10 Å². The van der Waals surface area contributed by atoms with E-state index in [1.807, 2.05) is 16.7 Å². The SMILES string of the molecule is C[Si](C)(C)CCOCn1c(Br)c(Cc2ccccc2O)c2c(=O)[nH]ncc21. The number of nitrogens with zero attached hydrogens (tertiary/aromatic N) is 2. The monoisotopic (exact) mass is 449 g/mol. The Morgan fingerprint density at radius 1 is 1.30 bits per heavy atom. The zero-order valence-corrected chi connectivity index (χ0v) is 18.3. The minimum absolute atomic E-state index is 0.210. The van der Waals surface area contributed by atoms with Gasteiger partial charge in [0.05, 0.1) is 21.7 Å². The van der Waals surface area contributed by atoms with Gasteiger partial charge < -0.3 is 14.4 Å². The maximum absolute atomic E-state index is 12.5. The number of para-hydroxylation sites is 1. The van der Waals surface area contributed by atoms with Crippen molar-refractivity contribution in [2.45, 2.75) is 38.8 Å². The molecular formula is C19H24BrN3O3Si. The Morgan fingerprint density at radius 3 is 2.74 bits per heavy atom. The number of phenolic OH excluding ortho intramolecular Hbond substituents is 1. The van der Waals surface area contributed by atoms with E-state index in [9.17, 15) is 9.90 Å². The van der Waals surface area contributed by atoms with Gasteiger partial charge in [0.2, 0.25) is 0 Å². The number of benzene rings is 1. The zero-order chi connectivity index (χ0) is 19.6. The third-order valence-corrected chi connectivity index (χ3v) is 7.10. The van der Waals surface area contributed by atoms with Gasteiger partial charge in [-0.05, 0) is 33.6 Å². The van der Waals surface area contributed by atoms with E-state index in [0.29, 0.717) is 30.7 Å². The van der Waals surface area contributed by atoms with Crippen LogP contribution in [0.25, 0.3) is 10.9 Å². The van der Waals surface area contributed by atoms with Crippen LogP contribution < -0.4 is 5.56 Å². The molecule has 2 N–H and O–H groups in total. The lowest BCUT2D eigenvalue weighted by Gasteiger charge is -2.16. The smallest absolute Gasteiger partial charge is 0.273 e. The molecular weight excluding hydrogens is 426 g/mol. The Bertz CT molecular complexity index is 1010. The number of rotatable bonds is 7. The third kappa shape index (κ3) is 4.51. The number of hydrogen-bond acceptors (Lipinski definition) is 4. The third-order valence-electron chi connectivity index (χ3n) is 4.49. The number of ether oxygens (including phenoxy) is 1. The van der Waals surface area contributed by atoms with Crippen molar-refractivity contribution in [3.05, 3.63) is 56.5 Å². The highest BCUT2D eigenvalue weighted by atomic mass is 79.9. The van der Waals surface area contributed by atoms with Crippen LogP contribution in [0.3, 0.4) is 0 Å². The van der Waals surface area contributed by atoms with Gasteiger partial charge in [-0.1, -0.05) is 37.8 Å². The molecule has 0 aliphatic rings. The first-order valence-electron chi connectivity index (χ1n) is 8.87. The summed E-state index contributed by atoms with van der Waals surface area (Å²) in [6.07, 6.45) is 2.07. The number of aromatic hydroxyl groups is 1. The van der Waals surface area contributed by atoms with Crippen molar-refractivity contribution < 1.29 is 9.84 Å². The van der Waals surface area contributed by atoms with Crippen LogP contribution in [0.15, 0.2) is 39.9 Å². The topological polar surface area (TPSA) is 80.1 Å². The summed E-state index contributed by atoms with van der Waals surface area (Å²) in [6.45, 7) is 7.96. The molecule has 0 bridgehead atoms. The fourth-order valence-electron chi connectivity index (χ4n) is 2.93. The van der Waals surface area contributed by atoms with Gasteiger partial charge in [0.15, 0.2) is 0 Å². The quantitative estimate of drug-likeness (QED) is 0.420. The number of halogens is 1. The fraction of sp³-hybridized carbons (Fsp3) is 0.368. The van der Waals surface area contributed by atoms with E-state index in [-0.39, 0.29) is 11.3 Å². The van der Waals surface area contributed by atoms with E-state index in [0.717, 1.165) is 21.8 Å². The van der Waals surface area contributed by atoms with Gasteiger partial charge in [0, 0.05) is 26.7 Å². The molecule has 0 radical (unpaired) electrons. The largest absolute Gasteiger partial charge is 0.508 e. The number of aromatic amines is 1. The molecule has 0 atom stereocenters. The molecule has 3 rings (SSSR count). The van der Waals surface area contributed by atoms with Crippen LogP contribution in [0, 0.1) is 0 Å². The molecule has 2 aromatic heterocycles. The van der Waals surface area contributed by atoms with Gasteiger partial charge >= 0.3 is 0 Å². The second-order valence-corrected chi connectivity index (χ2v) is 14.2. The summed E-state index contributed by atoms with van der Waals surface area (Å²) in [5.74, 6) is 0.210. The Labute approximate surface area is 167 Å². The number of phenols is 1. The summed E-state index contributed by atoms with van der Waals surface area (Å²) in [4.78, 5) is 12.5. The average Bonchev–Trinajstić information content (AvgIpc) is 2.86. The van der Waals surface area contributed by atoms with Crippen LogP contribution in [0.2, 0.25) is 25.7 Å². The summed E-state index contributed by atoms with van der Waals surface area (Å²) in [7, 11) is -1.16. The van der Waals surface area contributed by atoms with Crippen molar-refractivity contribution in [2.24, 2.45) is 0 Å². The summed E-state index contributed by atoms with van der Waals surface area (Å²) in [5.41, 5.74) is 2.03. The molecule has 3 aromatic rings. The lowest BCUT2D eigenvalue weighted by atomic mass is 10.0. The first-order valence-corrected chi connectivity index (χ1v) is 13.4. The van der Waals surface area contributed by atoms with Crippen molar-refractivity contribution in [1.29, 1.82) is 0 Å². The molecule has 2 heterocycles. The van der Waals surface area contributed by atoms with E-state index in [1.165, 1.54) is 0 Å². The molecule has 0 aliphatic heterocycles. The number of fused-ring (bicyclic) bond motifs is 1. The maximum atomic E-state index is 12.5. The molecule has 0 saturated heterocycles. The summed E-state index contributed by atoms with van der Waals surface area (Å²) in [6, 6.07) is 8.22. The maximum Gasteiger partial charge on any atom is 0.273 e. The van der Waals surface area contributed by atoms with Crippen LogP contribution in [-0.2, 0) is 17.9 Å². The van der Waals surface area contributed by atoms with Crippen molar-refractivity contribution >= 4 is 34.9 Å². The molecule has 144 valence electrons. The Kier molecular flexibility index (Phi) is 5.88. The molecule has 0 fully saturated rings. The summed E-state index contributed by atoms with van der Waals surface area (Å²) in [5, 5.41) is 17.1. The Hall–Kier alpha value is -1.90. The van der Waals surface area contributed by atoms with Gasteiger partial charge in [0.1, 0.15) is 12.5 Å². The van der Waals surface area contributed by atoms with Crippen molar-refractivity contribution in [3.8, 4) is 5.75 Å². The first kappa shape index (κ1) is 19.8. The molecule has 1 aromatic carbocycles. The van der Waals surface area contributed by atoms with Crippen LogP contribution in [-0.4, -0.2) is 34.6 Å². The van der Waals surface area contributed by atoms with Gasteiger partial charge in [-0.25, -0.2) is 5.10 Å². The predicted molar refractivity (Wildman–Crippen MR) is 113 cm³/mol. The van der Waals surface area contributed by atoms with Gasteiger partial charge in [-0.15, -0.1) is 0 Å². The van der Waals surface area contributed by atoms with Crippen LogP contribution >= 0.6 is 15.9 Å². The lowest BCUT2D eigenvalue weighted by Crippen LogP contribution is -2.22. The summed E-state index contributed by atoms with van der Waals surface area (Å²) < 4.78 is 8.57. The van der Waals surface area contributed by atoms with E-state index in [4.69, 9.17) is 4.74 Å². The number of hydrogen-bond donors (Lipinski definition) is 2. The van der Waals surface area contributed by atoms with Crippen LogP contribution in [0.1, 0.15) is 11.1 Å². The number of H-pyrrole nitrogens is 1. The molecule has 8 heteroatoms. The van der Waals surface area contributed by atoms with Crippen molar-refractivity contribution in [3.63, 3.8) is 0 Å². The lowest BCUT2D eigenvalue weighted by molar-refractivity contribution is 0.0887. The first-order chi connectivity index (χ1) is 12.8. The zero-order valence-electron chi connectivity index (χ0n) is 15.8. The molecule has 27 heavy (non-hydrogen) atoms. The normalized spacial score (nSPS) is 12.0. The molecule has 0 unspecified atom stereocenters. The van der Waals surface area contributed by atoms with E-state index >= 15 is 0 Å². The molecule has 6 nitrogen and oxygen atoms in total. The minimum atomic E-state index is -1.16. The van der Waals surface area contributed by atoms with E-state index in [2.05, 4.69) is 45.8 Å². The van der Waals surface area contributed by atoms with Crippen LogP contribution in [0.4, 0.5) is 0 Å². The van der Waals surface area contributed by atoms with E-state index in [1.54, 1.807) is 18.3 Å². The molecule has 0 aliphatic carbocycles. The minimum Gasteiger partial charge on any atom is -0.508 e. The highest BCUT2D eigenvalue weighted by Crippen LogP contribution is 2.31. The van der Waals surface area contributed by atoms with Crippen molar-refractivity contribution in [2.75, 3.05) is 6.61 Å². The average molecular weight is 450 g/mol. The fourth-order valence-corrected chi connectivity index (χ4v) is 4.32. The molecule has 0 spiro atoms. The molecule has 0 amide bonds.